The second-order valence-electron chi connectivity index (χ2n) is 4.67. The van der Waals surface area contributed by atoms with Gasteiger partial charge in [0.2, 0.25) is 5.91 Å². The summed E-state index contributed by atoms with van der Waals surface area (Å²) < 4.78 is 0. The van der Waals surface area contributed by atoms with Crippen LogP contribution in [0.25, 0.3) is 0 Å². The maximum absolute atomic E-state index is 12.0. The number of carbonyl (C=O) groups excluding carboxylic acids is 1. The quantitative estimate of drug-likeness (QED) is 0.913. The minimum absolute atomic E-state index is 0.0225. The number of hydrogen-bond donors (Lipinski definition) is 2. The Bertz CT molecular complexity index is 590. The van der Waals surface area contributed by atoms with Crippen molar-refractivity contribution in [3.05, 3.63) is 33.0 Å². The Morgan fingerprint density at radius 3 is 3.21 bits per heavy atom. The highest BCUT2D eigenvalue weighted by Gasteiger charge is 2.22. The maximum atomic E-state index is 12.0. The number of rotatable bonds is 3. The van der Waals surface area contributed by atoms with Gasteiger partial charge in [-0.2, -0.15) is 0 Å². The first-order valence-corrected chi connectivity index (χ1v) is 8.04. The molecule has 0 aliphatic heterocycles. The number of thiazole rings is 1. The van der Waals surface area contributed by atoms with E-state index < -0.39 is 0 Å². The first-order chi connectivity index (χ1) is 9.22. The number of nitrogens with zero attached hydrogens (tertiary/aromatic N) is 1. The van der Waals surface area contributed by atoms with Crippen LogP contribution in [-0.2, 0) is 17.6 Å². The van der Waals surface area contributed by atoms with Crippen LogP contribution in [0.15, 0.2) is 16.8 Å². The molecule has 0 spiro atoms. The van der Waals surface area contributed by atoms with Gasteiger partial charge in [-0.05, 0) is 36.3 Å². The van der Waals surface area contributed by atoms with Gasteiger partial charge in [0.15, 0.2) is 5.13 Å². The summed E-state index contributed by atoms with van der Waals surface area (Å²) in [6.07, 6.45) is 3.61. The fourth-order valence-electron chi connectivity index (χ4n) is 2.45. The number of nitrogen functional groups attached to an aromatic ring is 1. The van der Waals surface area contributed by atoms with Crippen molar-refractivity contribution in [3.8, 4) is 0 Å². The molecule has 1 aliphatic rings. The van der Waals surface area contributed by atoms with Gasteiger partial charge in [0.1, 0.15) is 0 Å². The molecular weight excluding hydrogens is 278 g/mol. The molecule has 2 aromatic heterocycles. The zero-order chi connectivity index (χ0) is 13.2. The number of anilines is 1. The summed E-state index contributed by atoms with van der Waals surface area (Å²) >= 11 is 3.16. The first-order valence-electron chi connectivity index (χ1n) is 6.28. The maximum Gasteiger partial charge on any atom is 0.226 e. The zero-order valence-electron chi connectivity index (χ0n) is 10.4. The average molecular weight is 293 g/mol. The van der Waals surface area contributed by atoms with Crippen LogP contribution < -0.4 is 11.1 Å². The lowest BCUT2D eigenvalue weighted by Gasteiger charge is -2.23. The number of amides is 1. The lowest BCUT2D eigenvalue weighted by atomic mass is 9.94. The summed E-state index contributed by atoms with van der Waals surface area (Å²) in [7, 11) is 0. The van der Waals surface area contributed by atoms with E-state index in [1.165, 1.54) is 21.8 Å². The summed E-state index contributed by atoms with van der Waals surface area (Å²) in [5, 5.41) is 7.57. The molecule has 6 heteroatoms. The highest BCUT2D eigenvalue weighted by molar-refractivity contribution is 7.13. The lowest BCUT2D eigenvalue weighted by Crippen LogP contribution is -2.31. The van der Waals surface area contributed by atoms with E-state index in [9.17, 15) is 4.79 Å². The Balaban J connectivity index is 1.65. The fraction of sp³-hybridized carbons (Fsp3) is 0.385. The van der Waals surface area contributed by atoms with Crippen molar-refractivity contribution in [2.45, 2.75) is 31.7 Å². The van der Waals surface area contributed by atoms with E-state index in [-0.39, 0.29) is 11.9 Å². The number of nitrogens with two attached hydrogens (primary N) is 1. The smallest absolute Gasteiger partial charge is 0.226 e. The molecule has 1 amide bonds. The minimum atomic E-state index is 0.0225. The molecule has 3 rings (SSSR count). The topological polar surface area (TPSA) is 68.0 Å². The van der Waals surface area contributed by atoms with Gasteiger partial charge in [-0.25, -0.2) is 4.98 Å². The van der Waals surface area contributed by atoms with Crippen molar-refractivity contribution in [3.63, 3.8) is 0 Å². The number of thiophene rings is 1. The van der Waals surface area contributed by atoms with E-state index in [1.54, 1.807) is 11.3 Å². The summed E-state index contributed by atoms with van der Waals surface area (Å²) in [5.74, 6) is 0.0225. The van der Waals surface area contributed by atoms with Gasteiger partial charge in [-0.15, -0.1) is 22.7 Å². The monoisotopic (exact) mass is 293 g/mol. The van der Waals surface area contributed by atoms with Crippen molar-refractivity contribution in [1.82, 2.24) is 10.3 Å². The molecule has 0 radical (unpaired) electrons. The van der Waals surface area contributed by atoms with Gasteiger partial charge in [-0.1, -0.05) is 0 Å². The Kier molecular flexibility index (Phi) is 3.52. The predicted molar refractivity (Wildman–Crippen MR) is 78.4 cm³/mol. The Hall–Kier alpha value is -1.40. The molecule has 2 heterocycles. The molecule has 1 aliphatic carbocycles. The lowest BCUT2D eigenvalue weighted by molar-refractivity contribution is -0.121. The van der Waals surface area contributed by atoms with Crippen LogP contribution in [0.4, 0.5) is 5.13 Å². The molecule has 2 aromatic rings. The molecule has 19 heavy (non-hydrogen) atoms. The van der Waals surface area contributed by atoms with E-state index in [2.05, 4.69) is 21.7 Å². The second-order valence-corrected chi connectivity index (χ2v) is 6.56. The molecule has 0 bridgehead atoms. The molecule has 1 unspecified atom stereocenters. The molecule has 3 N–H and O–H groups in total. The third kappa shape index (κ3) is 2.79. The van der Waals surface area contributed by atoms with E-state index in [0.717, 1.165) is 25.0 Å². The molecule has 4 nitrogen and oxygen atoms in total. The minimum Gasteiger partial charge on any atom is -0.375 e. The van der Waals surface area contributed by atoms with Gasteiger partial charge in [0.05, 0.1) is 18.2 Å². The molecule has 100 valence electrons. The van der Waals surface area contributed by atoms with Gasteiger partial charge in [0.25, 0.3) is 0 Å². The van der Waals surface area contributed by atoms with Crippen LogP contribution in [0.2, 0.25) is 0 Å². The van der Waals surface area contributed by atoms with Crippen molar-refractivity contribution >= 4 is 33.7 Å². The highest BCUT2D eigenvalue weighted by Crippen LogP contribution is 2.33. The van der Waals surface area contributed by atoms with Crippen LogP contribution in [0.1, 0.15) is 35.0 Å². The van der Waals surface area contributed by atoms with Crippen molar-refractivity contribution in [1.29, 1.82) is 0 Å². The normalized spacial score (nSPS) is 18.0. The summed E-state index contributed by atoms with van der Waals surface area (Å²) in [6.45, 7) is 0. The highest BCUT2D eigenvalue weighted by atomic mass is 32.1. The summed E-state index contributed by atoms with van der Waals surface area (Å²) in [6, 6.07) is 2.30. The van der Waals surface area contributed by atoms with E-state index >= 15 is 0 Å². The summed E-state index contributed by atoms with van der Waals surface area (Å²) in [4.78, 5) is 17.6. The second kappa shape index (κ2) is 5.30. The van der Waals surface area contributed by atoms with Crippen molar-refractivity contribution < 1.29 is 4.79 Å². The van der Waals surface area contributed by atoms with Crippen LogP contribution in [0, 0.1) is 0 Å². The van der Waals surface area contributed by atoms with E-state index in [4.69, 9.17) is 5.73 Å². The molecule has 1 atom stereocenters. The molecule has 0 fully saturated rings. The zero-order valence-corrected chi connectivity index (χ0v) is 12.0. The van der Waals surface area contributed by atoms with Crippen molar-refractivity contribution in [2.75, 3.05) is 5.73 Å². The molecule has 0 saturated heterocycles. The largest absolute Gasteiger partial charge is 0.375 e. The molecular formula is C13H15N3OS2. The molecule has 0 aromatic carbocycles. The van der Waals surface area contributed by atoms with Crippen LogP contribution in [0.5, 0.6) is 0 Å². The van der Waals surface area contributed by atoms with Gasteiger partial charge in [0, 0.05) is 10.3 Å². The van der Waals surface area contributed by atoms with Crippen LogP contribution in [0.3, 0.4) is 0 Å². The first kappa shape index (κ1) is 12.6. The predicted octanol–water partition coefficient (Wildman–Crippen LogP) is 2.52. The average Bonchev–Trinajstić information content (AvgIpc) is 2.98. The van der Waals surface area contributed by atoms with Crippen LogP contribution in [-0.4, -0.2) is 10.9 Å². The molecule has 0 saturated carbocycles. The van der Waals surface area contributed by atoms with E-state index in [1.807, 2.05) is 5.38 Å². The Morgan fingerprint density at radius 2 is 2.42 bits per heavy atom. The third-order valence-corrected chi connectivity index (χ3v) is 5.02. The SMILES string of the molecule is Nc1nc(CC(=O)NC2CCCc3sccc32)cs1. The van der Waals surface area contributed by atoms with Gasteiger partial charge in [-0.3, -0.25) is 4.79 Å². The third-order valence-electron chi connectivity index (χ3n) is 3.30. The van der Waals surface area contributed by atoms with Crippen molar-refractivity contribution in [2.24, 2.45) is 0 Å². The van der Waals surface area contributed by atoms with E-state index in [0.29, 0.717) is 11.6 Å². The number of nitrogens with one attached hydrogen (secondary N) is 1. The van der Waals surface area contributed by atoms with Gasteiger partial charge >= 0.3 is 0 Å². The number of hydrogen-bond acceptors (Lipinski definition) is 5. The number of fused-ring (bicyclic) bond motifs is 1. The fourth-order valence-corrected chi connectivity index (χ4v) is 4.00. The van der Waals surface area contributed by atoms with Gasteiger partial charge < -0.3 is 11.1 Å². The standard InChI is InChI=1S/C13H15N3OS2/c14-13-15-8(7-19-13)6-12(17)16-10-2-1-3-11-9(10)4-5-18-11/h4-5,7,10H,1-3,6H2,(H2,14,15)(H,16,17). The summed E-state index contributed by atoms with van der Waals surface area (Å²) in [5.41, 5.74) is 7.61. The number of aromatic nitrogens is 1. The number of carbonyl (C=O) groups is 1. The Morgan fingerprint density at radius 1 is 1.53 bits per heavy atom. The van der Waals surface area contributed by atoms with Crippen LogP contribution >= 0.6 is 22.7 Å². The number of aryl methyl sites for hydroxylation is 1. The Labute approximate surface area is 119 Å².